The second-order valence-corrected chi connectivity index (χ2v) is 5.12. The van der Waals surface area contributed by atoms with Crippen LogP contribution in [0.3, 0.4) is 0 Å². The normalized spacial score (nSPS) is 13.1. The Morgan fingerprint density at radius 3 is 2.78 bits per heavy atom. The summed E-state index contributed by atoms with van der Waals surface area (Å²) in [4.78, 5) is 0. The SMILES string of the molecule is CCNCc1cccc2ccn(CC(C)CC)c12. The second-order valence-electron chi connectivity index (χ2n) is 5.12. The van der Waals surface area contributed by atoms with E-state index in [-0.39, 0.29) is 0 Å². The van der Waals surface area contributed by atoms with E-state index in [9.17, 15) is 0 Å². The Morgan fingerprint density at radius 2 is 2.06 bits per heavy atom. The fraction of sp³-hybridized carbons (Fsp3) is 0.500. The average molecular weight is 244 g/mol. The van der Waals surface area contributed by atoms with Gasteiger partial charge in [-0.25, -0.2) is 0 Å². The third-order valence-corrected chi connectivity index (χ3v) is 3.64. The standard InChI is InChI=1S/C16H24N2/c1-4-13(3)12-18-10-9-14-7-6-8-15(16(14)18)11-17-5-2/h6-10,13,17H,4-5,11-12H2,1-3H3. The molecule has 2 rings (SSSR count). The molecule has 0 radical (unpaired) electrons. The fourth-order valence-corrected chi connectivity index (χ4v) is 2.36. The van der Waals surface area contributed by atoms with Crippen LogP contribution in [0.15, 0.2) is 30.5 Å². The van der Waals surface area contributed by atoms with Crippen molar-refractivity contribution >= 4 is 10.9 Å². The van der Waals surface area contributed by atoms with Gasteiger partial charge in [0.25, 0.3) is 0 Å². The highest BCUT2D eigenvalue weighted by Gasteiger charge is 2.08. The van der Waals surface area contributed by atoms with E-state index >= 15 is 0 Å². The number of nitrogens with zero attached hydrogens (tertiary/aromatic N) is 1. The molecule has 2 aromatic rings. The van der Waals surface area contributed by atoms with Crippen molar-refractivity contribution in [1.29, 1.82) is 0 Å². The van der Waals surface area contributed by atoms with E-state index in [1.807, 2.05) is 0 Å². The van der Waals surface area contributed by atoms with Crippen LogP contribution < -0.4 is 5.32 Å². The highest BCUT2D eigenvalue weighted by Crippen LogP contribution is 2.22. The summed E-state index contributed by atoms with van der Waals surface area (Å²) in [6.07, 6.45) is 3.46. The van der Waals surface area contributed by atoms with Crippen LogP contribution >= 0.6 is 0 Å². The van der Waals surface area contributed by atoms with Crippen LogP contribution in [-0.2, 0) is 13.1 Å². The molecule has 1 atom stereocenters. The third-order valence-electron chi connectivity index (χ3n) is 3.64. The first-order valence-electron chi connectivity index (χ1n) is 7.03. The predicted molar refractivity (Wildman–Crippen MR) is 78.8 cm³/mol. The summed E-state index contributed by atoms with van der Waals surface area (Å²) in [5.41, 5.74) is 2.81. The van der Waals surface area contributed by atoms with Crippen molar-refractivity contribution in [3.63, 3.8) is 0 Å². The topological polar surface area (TPSA) is 17.0 Å². The van der Waals surface area contributed by atoms with Crippen molar-refractivity contribution in [3.8, 4) is 0 Å². The maximum absolute atomic E-state index is 3.43. The number of nitrogens with one attached hydrogen (secondary N) is 1. The van der Waals surface area contributed by atoms with Gasteiger partial charge in [-0.2, -0.15) is 0 Å². The van der Waals surface area contributed by atoms with E-state index < -0.39 is 0 Å². The maximum Gasteiger partial charge on any atom is 0.0525 e. The zero-order valence-corrected chi connectivity index (χ0v) is 11.7. The van der Waals surface area contributed by atoms with Crippen molar-refractivity contribution in [2.45, 2.75) is 40.3 Å². The smallest absolute Gasteiger partial charge is 0.0525 e. The van der Waals surface area contributed by atoms with Crippen molar-refractivity contribution in [2.75, 3.05) is 6.54 Å². The number of aromatic nitrogens is 1. The van der Waals surface area contributed by atoms with Gasteiger partial charge in [0.15, 0.2) is 0 Å². The van der Waals surface area contributed by atoms with Gasteiger partial charge < -0.3 is 9.88 Å². The largest absolute Gasteiger partial charge is 0.347 e. The summed E-state index contributed by atoms with van der Waals surface area (Å²) < 4.78 is 2.41. The molecule has 1 heterocycles. The summed E-state index contributed by atoms with van der Waals surface area (Å²) in [7, 11) is 0. The molecule has 98 valence electrons. The zero-order valence-electron chi connectivity index (χ0n) is 11.7. The van der Waals surface area contributed by atoms with Crippen LogP contribution in [0, 0.1) is 5.92 Å². The van der Waals surface area contributed by atoms with E-state index in [1.54, 1.807) is 0 Å². The predicted octanol–water partition coefficient (Wildman–Crippen LogP) is 3.80. The van der Waals surface area contributed by atoms with Crippen LogP contribution in [0.25, 0.3) is 10.9 Å². The molecule has 2 heteroatoms. The highest BCUT2D eigenvalue weighted by molar-refractivity contribution is 5.83. The molecule has 0 spiro atoms. The van der Waals surface area contributed by atoms with Gasteiger partial charge in [-0.15, -0.1) is 0 Å². The minimum Gasteiger partial charge on any atom is -0.347 e. The van der Waals surface area contributed by atoms with E-state index in [0.29, 0.717) is 0 Å². The van der Waals surface area contributed by atoms with Gasteiger partial charge >= 0.3 is 0 Å². The molecule has 1 unspecified atom stereocenters. The van der Waals surface area contributed by atoms with Gasteiger partial charge in [0.05, 0.1) is 5.52 Å². The van der Waals surface area contributed by atoms with Crippen molar-refractivity contribution in [2.24, 2.45) is 5.92 Å². The first kappa shape index (κ1) is 13.2. The molecule has 0 fully saturated rings. The number of para-hydroxylation sites is 1. The zero-order chi connectivity index (χ0) is 13.0. The average Bonchev–Trinajstić information content (AvgIpc) is 2.80. The summed E-state index contributed by atoms with van der Waals surface area (Å²) >= 11 is 0. The number of hydrogen-bond acceptors (Lipinski definition) is 1. The number of rotatable bonds is 6. The van der Waals surface area contributed by atoms with Gasteiger partial charge in [-0.05, 0) is 29.5 Å². The molecule has 0 saturated heterocycles. The van der Waals surface area contributed by atoms with Gasteiger partial charge in [0.1, 0.15) is 0 Å². The lowest BCUT2D eigenvalue weighted by atomic mass is 10.1. The molecule has 1 aromatic heterocycles. The summed E-state index contributed by atoms with van der Waals surface area (Å²) in [5.74, 6) is 0.729. The van der Waals surface area contributed by atoms with E-state index in [2.05, 4.69) is 61.1 Å². The Bertz CT molecular complexity index is 499. The first-order valence-corrected chi connectivity index (χ1v) is 7.03. The van der Waals surface area contributed by atoms with Crippen LogP contribution in [0.2, 0.25) is 0 Å². The van der Waals surface area contributed by atoms with Crippen molar-refractivity contribution in [3.05, 3.63) is 36.0 Å². The second kappa shape index (κ2) is 6.05. The fourth-order valence-electron chi connectivity index (χ4n) is 2.36. The Labute approximate surface area is 110 Å². The molecule has 1 N–H and O–H groups in total. The van der Waals surface area contributed by atoms with Crippen LogP contribution in [0.4, 0.5) is 0 Å². The van der Waals surface area contributed by atoms with Crippen molar-refractivity contribution in [1.82, 2.24) is 9.88 Å². The molecule has 0 aliphatic heterocycles. The Hall–Kier alpha value is -1.28. The molecule has 0 aliphatic rings. The Kier molecular flexibility index (Phi) is 4.43. The van der Waals surface area contributed by atoms with Crippen LogP contribution in [0.1, 0.15) is 32.8 Å². The summed E-state index contributed by atoms with van der Waals surface area (Å²) in [6, 6.07) is 8.83. The van der Waals surface area contributed by atoms with Gasteiger partial charge in [-0.1, -0.05) is 45.4 Å². The van der Waals surface area contributed by atoms with E-state index in [1.165, 1.54) is 22.9 Å². The molecular formula is C16H24N2. The molecule has 2 nitrogen and oxygen atoms in total. The Morgan fingerprint density at radius 1 is 1.22 bits per heavy atom. The molecule has 0 amide bonds. The molecule has 18 heavy (non-hydrogen) atoms. The van der Waals surface area contributed by atoms with E-state index in [0.717, 1.165) is 25.6 Å². The third kappa shape index (κ3) is 2.75. The monoisotopic (exact) mass is 244 g/mol. The minimum atomic E-state index is 0.729. The minimum absolute atomic E-state index is 0.729. The first-order chi connectivity index (χ1) is 8.76. The maximum atomic E-state index is 3.43. The number of benzene rings is 1. The number of hydrogen-bond donors (Lipinski definition) is 1. The number of fused-ring (bicyclic) bond motifs is 1. The highest BCUT2D eigenvalue weighted by atomic mass is 15.0. The van der Waals surface area contributed by atoms with Gasteiger partial charge in [-0.3, -0.25) is 0 Å². The molecule has 0 bridgehead atoms. The lowest BCUT2D eigenvalue weighted by molar-refractivity contribution is 0.477. The van der Waals surface area contributed by atoms with Crippen LogP contribution in [0.5, 0.6) is 0 Å². The van der Waals surface area contributed by atoms with Crippen LogP contribution in [-0.4, -0.2) is 11.1 Å². The van der Waals surface area contributed by atoms with E-state index in [4.69, 9.17) is 0 Å². The lowest BCUT2D eigenvalue weighted by Crippen LogP contribution is -2.13. The summed E-state index contributed by atoms with van der Waals surface area (Å²) in [6.45, 7) is 9.82. The summed E-state index contributed by atoms with van der Waals surface area (Å²) in [5, 5.41) is 4.78. The quantitative estimate of drug-likeness (QED) is 0.818. The lowest BCUT2D eigenvalue weighted by Gasteiger charge is -2.14. The molecular weight excluding hydrogens is 220 g/mol. The Balaban J connectivity index is 2.35. The molecule has 0 saturated carbocycles. The van der Waals surface area contributed by atoms with Gasteiger partial charge in [0, 0.05) is 19.3 Å². The van der Waals surface area contributed by atoms with Crippen molar-refractivity contribution < 1.29 is 0 Å². The van der Waals surface area contributed by atoms with Gasteiger partial charge in [0.2, 0.25) is 0 Å². The molecule has 0 aliphatic carbocycles. The molecule has 1 aromatic carbocycles.